The number of nitrogens with two attached hydrogens (primary N) is 2. The van der Waals surface area contributed by atoms with Crippen LogP contribution in [0.3, 0.4) is 0 Å². The zero-order chi connectivity index (χ0) is 32.2. The molecule has 4 fully saturated rings. The number of nitrogens with zero attached hydrogens (tertiary/aromatic N) is 7. The van der Waals surface area contributed by atoms with Crippen molar-refractivity contribution in [2.75, 3.05) is 31.3 Å². The number of thiol groups is 2. The van der Waals surface area contributed by atoms with Crippen LogP contribution in [0.2, 0.25) is 0 Å². The monoisotopic (exact) mass is 720 g/mol. The third-order valence-electron chi connectivity index (χ3n) is 8.00. The highest BCUT2D eigenvalue weighted by atomic mass is 32.7. The van der Waals surface area contributed by atoms with Crippen LogP contribution in [0.5, 0.6) is 0 Å². The number of anilines is 2. The Morgan fingerprint density at radius 1 is 0.957 bits per heavy atom. The highest BCUT2D eigenvalue weighted by molar-refractivity contribution is 8.44. The molecule has 8 heterocycles. The van der Waals surface area contributed by atoms with Gasteiger partial charge in [0.05, 0.1) is 32.5 Å². The number of aromatic amines is 1. The average molecular weight is 721 g/mol. The SMILES string of the molecule is Nc1nc2c(ncn2[C@@H]2O[C@@H]3COP(=O)(S)O[C@H]4[C@H]5OC[C@]4(COP(=O)(S)O[C@H]3[C@H]2F)O[C@H]5n2cnc3c(N)ncnc32)c(=O)[nH]1. The molecular weight excluding hydrogens is 697 g/mol. The molecule has 5 N–H and O–H groups in total. The van der Waals surface area contributed by atoms with Gasteiger partial charge >= 0.3 is 13.6 Å². The minimum atomic E-state index is -4.39. The lowest BCUT2D eigenvalue weighted by Gasteiger charge is -2.33. The highest BCUT2D eigenvalue weighted by Gasteiger charge is 2.66. The zero-order valence-corrected chi connectivity index (χ0v) is 26.5. The van der Waals surface area contributed by atoms with Gasteiger partial charge in [0, 0.05) is 0 Å². The summed E-state index contributed by atoms with van der Waals surface area (Å²) in [6, 6.07) is 0. The Morgan fingerprint density at radius 3 is 2.50 bits per heavy atom. The van der Waals surface area contributed by atoms with Gasteiger partial charge in [0.15, 0.2) is 41.3 Å². The van der Waals surface area contributed by atoms with Gasteiger partial charge in [-0.05, 0) is 0 Å². The van der Waals surface area contributed by atoms with Gasteiger partial charge in [-0.15, -0.1) is 0 Å². The van der Waals surface area contributed by atoms with Crippen LogP contribution in [0.1, 0.15) is 12.5 Å². The fourth-order valence-electron chi connectivity index (χ4n) is 5.96. The highest BCUT2D eigenvalue weighted by Crippen LogP contribution is 2.63. The number of imidazole rings is 2. The first-order valence-corrected chi connectivity index (χ1v) is 18.8. The third-order valence-corrected chi connectivity index (χ3v) is 11.2. The topological polar surface area (TPSA) is 258 Å². The Hall–Kier alpha value is -2.69. The summed E-state index contributed by atoms with van der Waals surface area (Å²) in [5.41, 5.74) is 9.80. The maximum Gasteiger partial charge on any atom is 0.386 e. The van der Waals surface area contributed by atoms with E-state index >= 15 is 4.39 Å². The number of fused-ring (bicyclic) bond motifs is 3. The average Bonchev–Trinajstić information content (AvgIpc) is 3.80. The van der Waals surface area contributed by atoms with Crippen LogP contribution in [-0.4, -0.2) is 95.0 Å². The van der Waals surface area contributed by atoms with E-state index in [1.807, 2.05) is 0 Å². The number of halogens is 1. The van der Waals surface area contributed by atoms with Crippen LogP contribution in [0.15, 0.2) is 23.8 Å². The van der Waals surface area contributed by atoms with Crippen LogP contribution < -0.4 is 17.0 Å². The molecule has 8 rings (SSSR count). The summed E-state index contributed by atoms with van der Waals surface area (Å²) in [6.07, 6.45) is -5.88. The summed E-state index contributed by atoms with van der Waals surface area (Å²) >= 11 is 8.24. The van der Waals surface area contributed by atoms with Crippen LogP contribution >= 0.6 is 38.1 Å². The standard InChI is InChI=1S/C21H23FN10O10P2S2/c22-8-11-7(39-18(8)32-6-28-10-16(32)29-20(24)30-17(10)33)1-37-43(34,45)42-13-12-19(31-5-27-9-14(23)25-4-26-15(9)31)40-21(13,2-36-12)3-38-44(35,46)41-11/h4-8,11-13,18-19H,1-3H2,(H,34,45)(H,35,46)(H2,23,25,26)(H3,24,29,30,33)/t7-,8-,11-,12-,13+,18-,19-,21-,43?,44?/m1/s1. The Labute approximate surface area is 266 Å². The summed E-state index contributed by atoms with van der Waals surface area (Å²) < 4.78 is 86.8. The minimum absolute atomic E-state index is 0.0879. The first-order chi connectivity index (χ1) is 21.8. The van der Waals surface area contributed by atoms with Gasteiger partial charge in [-0.2, -0.15) is 4.98 Å². The Kier molecular flexibility index (Phi) is 7.10. The van der Waals surface area contributed by atoms with Gasteiger partial charge < -0.3 is 25.7 Å². The van der Waals surface area contributed by atoms with E-state index in [0.29, 0.717) is 11.2 Å². The van der Waals surface area contributed by atoms with E-state index in [1.165, 1.54) is 17.2 Å². The van der Waals surface area contributed by atoms with Gasteiger partial charge in [0.25, 0.3) is 5.56 Å². The second kappa shape index (κ2) is 10.7. The summed E-state index contributed by atoms with van der Waals surface area (Å²) in [5.74, 6) is -0.110. The molecule has 0 amide bonds. The van der Waals surface area contributed by atoms with E-state index in [9.17, 15) is 13.9 Å². The molecule has 25 heteroatoms. The fraction of sp³-hybridized carbons (Fsp3) is 0.524. The number of rotatable bonds is 2. The normalized spacial score (nSPS) is 39.7. The van der Waals surface area contributed by atoms with Crippen molar-refractivity contribution in [1.82, 2.24) is 39.0 Å². The van der Waals surface area contributed by atoms with Gasteiger partial charge in [0.1, 0.15) is 41.9 Å². The number of H-pyrrole nitrogens is 1. The molecule has 10 atom stereocenters. The van der Waals surface area contributed by atoms with E-state index in [1.54, 1.807) is 0 Å². The molecule has 0 aromatic carbocycles. The van der Waals surface area contributed by atoms with Crippen molar-refractivity contribution >= 4 is 72.2 Å². The quantitative estimate of drug-likeness (QED) is 0.142. The molecule has 0 radical (unpaired) electrons. The number of nitrogens with one attached hydrogen (secondary N) is 1. The maximum absolute atomic E-state index is 16.1. The van der Waals surface area contributed by atoms with Crippen LogP contribution in [0.4, 0.5) is 16.2 Å². The van der Waals surface area contributed by atoms with E-state index in [-0.39, 0.29) is 29.5 Å². The molecule has 0 saturated carbocycles. The van der Waals surface area contributed by atoms with Gasteiger partial charge in [-0.3, -0.25) is 37.0 Å². The predicted octanol–water partition coefficient (Wildman–Crippen LogP) is 0.919. The van der Waals surface area contributed by atoms with Gasteiger partial charge in [-0.25, -0.2) is 33.5 Å². The van der Waals surface area contributed by atoms with Crippen molar-refractivity contribution in [2.24, 2.45) is 0 Å². The largest absolute Gasteiger partial charge is 0.386 e. The van der Waals surface area contributed by atoms with Crippen molar-refractivity contribution in [3.8, 4) is 0 Å². The van der Waals surface area contributed by atoms with Crippen molar-refractivity contribution in [2.45, 2.75) is 48.6 Å². The third kappa shape index (κ3) is 4.88. The molecule has 2 unspecified atom stereocenters. The Bertz CT molecular complexity index is 2040. The lowest BCUT2D eigenvalue weighted by Crippen LogP contribution is -2.46. The van der Waals surface area contributed by atoms with Gasteiger partial charge in [0.2, 0.25) is 5.95 Å². The van der Waals surface area contributed by atoms with Crippen LogP contribution in [-0.2, 0) is 41.4 Å². The molecule has 0 spiro atoms. The second-order valence-electron chi connectivity index (χ2n) is 10.8. The van der Waals surface area contributed by atoms with Crippen molar-refractivity contribution in [3.63, 3.8) is 0 Å². The summed E-state index contributed by atoms with van der Waals surface area (Å²) in [7, 11) is 0. The molecular formula is C21H23FN10O10P2S2. The molecule has 4 aromatic heterocycles. The van der Waals surface area contributed by atoms with E-state index in [0.717, 1.165) is 10.9 Å². The second-order valence-corrected chi connectivity index (χ2v) is 16.6. The smallest absolute Gasteiger partial charge is 0.382 e. The summed E-state index contributed by atoms with van der Waals surface area (Å²) in [5, 5.41) is 0. The summed E-state index contributed by atoms with van der Waals surface area (Å²) in [6.45, 7) is -9.96. The molecule has 246 valence electrons. The molecule has 4 aromatic rings. The molecule has 4 aliphatic rings. The van der Waals surface area contributed by atoms with Crippen molar-refractivity contribution in [3.05, 3.63) is 29.3 Å². The molecule has 2 bridgehead atoms. The first kappa shape index (κ1) is 30.6. The molecule has 4 aliphatic heterocycles. The van der Waals surface area contributed by atoms with Crippen LogP contribution in [0, 0.1) is 0 Å². The Balaban J connectivity index is 1.10. The van der Waals surface area contributed by atoms with Crippen LogP contribution in [0.25, 0.3) is 22.3 Å². The number of aromatic nitrogens is 8. The van der Waals surface area contributed by atoms with E-state index in [2.05, 4.69) is 54.4 Å². The Morgan fingerprint density at radius 2 is 1.70 bits per heavy atom. The van der Waals surface area contributed by atoms with Crippen molar-refractivity contribution in [1.29, 1.82) is 0 Å². The molecule has 46 heavy (non-hydrogen) atoms. The number of hydrogen-bond donors (Lipinski definition) is 5. The lowest BCUT2D eigenvalue weighted by molar-refractivity contribution is -0.183. The van der Waals surface area contributed by atoms with E-state index < -0.39 is 81.0 Å². The number of hydrogen-bond acceptors (Lipinski definition) is 17. The van der Waals surface area contributed by atoms with E-state index in [4.69, 9.17) is 43.8 Å². The predicted molar refractivity (Wildman–Crippen MR) is 159 cm³/mol. The van der Waals surface area contributed by atoms with Gasteiger partial charge in [-0.1, -0.05) is 24.5 Å². The lowest BCUT2D eigenvalue weighted by atomic mass is 10.0. The first-order valence-electron chi connectivity index (χ1n) is 13.4. The van der Waals surface area contributed by atoms with Crippen molar-refractivity contribution < 1.29 is 45.8 Å². The fourth-order valence-corrected chi connectivity index (χ4v) is 8.96. The zero-order valence-electron chi connectivity index (χ0n) is 22.9. The number of ether oxygens (including phenoxy) is 3. The minimum Gasteiger partial charge on any atom is -0.382 e. The molecule has 4 saturated heterocycles. The molecule has 20 nitrogen and oxygen atoms in total. The summed E-state index contributed by atoms with van der Waals surface area (Å²) in [4.78, 5) is 34.9. The maximum atomic E-state index is 16.1. The number of alkyl halides is 1. The molecule has 0 aliphatic carbocycles. The number of nitrogen functional groups attached to an aromatic ring is 2.